The van der Waals surface area contributed by atoms with Gasteiger partial charge in [0.1, 0.15) is 5.75 Å². The summed E-state index contributed by atoms with van der Waals surface area (Å²) in [5.74, 6) is 1.73. The van der Waals surface area contributed by atoms with E-state index in [1.165, 1.54) is 12.8 Å². The van der Waals surface area contributed by atoms with Gasteiger partial charge in [-0.05, 0) is 30.9 Å². The highest BCUT2D eigenvalue weighted by atomic mass is 127. The van der Waals surface area contributed by atoms with E-state index >= 15 is 0 Å². The van der Waals surface area contributed by atoms with Crippen LogP contribution in [-0.4, -0.2) is 45.2 Å². The Hall–Kier alpha value is -1.51. The van der Waals surface area contributed by atoms with Gasteiger partial charge in [-0.1, -0.05) is 31.0 Å². The molecule has 0 aliphatic heterocycles. The molecule has 3 N–H and O–H groups in total. The number of nitrogens with zero attached hydrogens (tertiary/aromatic N) is 1. The van der Waals surface area contributed by atoms with Crippen molar-refractivity contribution in [2.45, 2.75) is 44.6 Å². The minimum Gasteiger partial charge on any atom is -0.496 e. The van der Waals surface area contributed by atoms with E-state index in [9.17, 15) is 4.79 Å². The van der Waals surface area contributed by atoms with Crippen molar-refractivity contribution in [2.24, 2.45) is 4.99 Å². The summed E-state index contributed by atoms with van der Waals surface area (Å²) in [6, 6.07) is 8.38. The smallest absolute Gasteiger partial charge is 0.221 e. The fraction of sp³-hybridized carbons (Fsp3) is 0.579. The Labute approximate surface area is 173 Å². The minimum atomic E-state index is 0. The number of hydrogen-bond acceptors (Lipinski definition) is 3. The number of rotatable bonds is 8. The average molecular weight is 474 g/mol. The third-order valence-corrected chi connectivity index (χ3v) is 4.47. The summed E-state index contributed by atoms with van der Waals surface area (Å²) in [6.45, 7) is 1.32. The molecule has 0 radical (unpaired) electrons. The maximum atomic E-state index is 11.9. The number of halogens is 1. The first kappa shape index (κ1) is 22.5. The zero-order chi connectivity index (χ0) is 17.9. The number of aliphatic imine (C=N–C) groups is 1. The third-order valence-electron chi connectivity index (χ3n) is 4.47. The van der Waals surface area contributed by atoms with Crippen LogP contribution in [0.1, 0.15) is 37.7 Å². The summed E-state index contributed by atoms with van der Waals surface area (Å²) in [6.07, 6.45) is 5.99. The quantitative estimate of drug-likeness (QED) is 0.308. The van der Waals surface area contributed by atoms with Gasteiger partial charge in [0.05, 0.1) is 7.11 Å². The van der Waals surface area contributed by atoms with Gasteiger partial charge in [-0.2, -0.15) is 0 Å². The summed E-state index contributed by atoms with van der Waals surface area (Å²) < 4.78 is 5.36. The number of para-hydroxylation sites is 1. The Balaban J connectivity index is 0.00000338. The van der Waals surface area contributed by atoms with Gasteiger partial charge in [0.15, 0.2) is 5.96 Å². The van der Waals surface area contributed by atoms with Gasteiger partial charge >= 0.3 is 0 Å². The normalized spacial score (nSPS) is 14.5. The molecule has 0 heterocycles. The van der Waals surface area contributed by atoms with Crippen LogP contribution in [0.3, 0.4) is 0 Å². The largest absolute Gasteiger partial charge is 0.496 e. The second-order valence-electron chi connectivity index (χ2n) is 6.29. The average Bonchev–Trinajstić information content (AvgIpc) is 3.13. The molecule has 0 unspecified atom stereocenters. The van der Waals surface area contributed by atoms with Gasteiger partial charge in [-0.15, -0.1) is 24.0 Å². The summed E-state index contributed by atoms with van der Waals surface area (Å²) in [4.78, 5) is 16.1. The van der Waals surface area contributed by atoms with Crippen molar-refractivity contribution in [1.82, 2.24) is 16.0 Å². The number of methoxy groups -OCH3 is 1. The molecule has 1 aliphatic rings. The first-order chi connectivity index (χ1) is 12.2. The predicted octanol–water partition coefficient (Wildman–Crippen LogP) is 2.47. The highest BCUT2D eigenvalue weighted by molar-refractivity contribution is 14.0. The molecule has 26 heavy (non-hydrogen) atoms. The van der Waals surface area contributed by atoms with Gasteiger partial charge in [-0.3, -0.25) is 9.79 Å². The highest BCUT2D eigenvalue weighted by Crippen LogP contribution is 2.18. The monoisotopic (exact) mass is 474 g/mol. The molecule has 1 amide bonds. The molecule has 2 rings (SSSR count). The lowest BCUT2D eigenvalue weighted by atomic mass is 10.1. The van der Waals surface area contributed by atoms with Crippen LogP contribution in [-0.2, 0) is 11.2 Å². The fourth-order valence-electron chi connectivity index (χ4n) is 3.11. The van der Waals surface area contributed by atoms with Crippen LogP contribution in [0, 0.1) is 0 Å². The molecular formula is C19H31IN4O2. The standard InChI is InChI=1S/C19H30N4O2.HI/c1-20-19(21-13-11-15-7-3-6-10-17(15)25-2)22-14-12-18(24)23-16-8-4-5-9-16;/h3,6-7,10,16H,4-5,8-9,11-14H2,1-2H3,(H,23,24)(H2,20,21,22);1H. The Bertz CT molecular complexity index is 574. The number of guanidine groups is 1. The van der Waals surface area contributed by atoms with Gasteiger partial charge in [0.2, 0.25) is 5.91 Å². The number of nitrogens with one attached hydrogen (secondary N) is 3. The predicted molar refractivity (Wildman–Crippen MR) is 116 cm³/mol. The van der Waals surface area contributed by atoms with Crippen molar-refractivity contribution in [3.8, 4) is 5.75 Å². The van der Waals surface area contributed by atoms with E-state index in [4.69, 9.17) is 4.74 Å². The summed E-state index contributed by atoms with van der Waals surface area (Å²) in [5, 5.41) is 9.55. The lowest BCUT2D eigenvalue weighted by Gasteiger charge is -2.14. The summed E-state index contributed by atoms with van der Waals surface area (Å²) in [7, 11) is 3.42. The van der Waals surface area contributed by atoms with Crippen molar-refractivity contribution in [3.63, 3.8) is 0 Å². The molecule has 1 saturated carbocycles. The van der Waals surface area contributed by atoms with E-state index in [0.717, 1.165) is 37.1 Å². The van der Waals surface area contributed by atoms with E-state index in [2.05, 4.69) is 27.0 Å². The van der Waals surface area contributed by atoms with Crippen molar-refractivity contribution < 1.29 is 9.53 Å². The van der Waals surface area contributed by atoms with E-state index in [0.29, 0.717) is 25.0 Å². The second-order valence-corrected chi connectivity index (χ2v) is 6.29. The molecule has 1 fully saturated rings. The second kappa shape index (κ2) is 12.8. The van der Waals surface area contributed by atoms with Gasteiger partial charge in [0.25, 0.3) is 0 Å². The Morgan fingerprint density at radius 3 is 2.58 bits per heavy atom. The summed E-state index contributed by atoms with van der Waals surface area (Å²) >= 11 is 0. The van der Waals surface area contributed by atoms with Gasteiger partial charge in [0, 0.05) is 32.6 Å². The highest BCUT2D eigenvalue weighted by Gasteiger charge is 2.16. The number of carbonyl (C=O) groups is 1. The molecule has 0 aromatic heterocycles. The van der Waals surface area contributed by atoms with Crippen LogP contribution in [0.2, 0.25) is 0 Å². The number of amides is 1. The van der Waals surface area contributed by atoms with Crippen LogP contribution in [0.15, 0.2) is 29.3 Å². The molecule has 6 nitrogen and oxygen atoms in total. The van der Waals surface area contributed by atoms with Crippen LogP contribution in [0.4, 0.5) is 0 Å². The molecule has 0 atom stereocenters. The molecule has 0 saturated heterocycles. The van der Waals surface area contributed by atoms with Crippen LogP contribution in [0.25, 0.3) is 0 Å². The molecule has 7 heteroatoms. The number of hydrogen-bond donors (Lipinski definition) is 3. The molecule has 0 spiro atoms. The zero-order valence-electron chi connectivity index (χ0n) is 15.7. The van der Waals surface area contributed by atoms with Crippen LogP contribution in [0.5, 0.6) is 5.75 Å². The van der Waals surface area contributed by atoms with E-state index in [1.54, 1.807) is 14.2 Å². The topological polar surface area (TPSA) is 74.8 Å². The molecule has 1 aromatic carbocycles. The maximum absolute atomic E-state index is 11.9. The number of ether oxygens (including phenoxy) is 1. The van der Waals surface area contributed by atoms with Gasteiger partial charge in [-0.25, -0.2) is 0 Å². The van der Waals surface area contributed by atoms with Crippen molar-refractivity contribution in [2.75, 3.05) is 27.2 Å². The van der Waals surface area contributed by atoms with Crippen LogP contribution >= 0.6 is 24.0 Å². The van der Waals surface area contributed by atoms with Gasteiger partial charge < -0.3 is 20.7 Å². The van der Waals surface area contributed by atoms with Crippen LogP contribution < -0.4 is 20.7 Å². The molecule has 1 aliphatic carbocycles. The Kier molecular flexibility index (Phi) is 11.1. The summed E-state index contributed by atoms with van der Waals surface area (Å²) in [5.41, 5.74) is 1.16. The zero-order valence-corrected chi connectivity index (χ0v) is 18.0. The van der Waals surface area contributed by atoms with Crippen molar-refractivity contribution >= 4 is 35.8 Å². The van der Waals surface area contributed by atoms with E-state index in [-0.39, 0.29) is 29.9 Å². The fourth-order valence-corrected chi connectivity index (χ4v) is 3.11. The molecule has 1 aromatic rings. The third kappa shape index (κ3) is 7.80. The molecule has 146 valence electrons. The first-order valence-electron chi connectivity index (χ1n) is 9.08. The number of benzene rings is 1. The number of carbonyl (C=O) groups excluding carboxylic acids is 1. The maximum Gasteiger partial charge on any atom is 0.221 e. The lowest BCUT2D eigenvalue weighted by Crippen LogP contribution is -2.41. The molecular weight excluding hydrogens is 443 g/mol. The Morgan fingerprint density at radius 1 is 1.19 bits per heavy atom. The molecule has 0 bridgehead atoms. The van der Waals surface area contributed by atoms with Crippen molar-refractivity contribution in [1.29, 1.82) is 0 Å². The van der Waals surface area contributed by atoms with E-state index in [1.807, 2.05) is 18.2 Å². The van der Waals surface area contributed by atoms with E-state index < -0.39 is 0 Å². The Morgan fingerprint density at radius 2 is 1.88 bits per heavy atom. The first-order valence-corrected chi connectivity index (χ1v) is 9.08. The van der Waals surface area contributed by atoms with Crippen molar-refractivity contribution in [3.05, 3.63) is 29.8 Å². The SMILES string of the molecule is CN=C(NCCC(=O)NC1CCCC1)NCCc1ccccc1OC.I. The minimum absolute atomic E-state index is 0. The lowest BCUT2D eigenvalue weighted by molar-refractivity contribution is -0.121.